The Hall–Kier alpha value is -2.48. The lowest BCUT2D eigenvalue weighted by molar-refractivity contribution is -0.139. The molecule has 8 heteroatoms. The summed E-state index contributed by atoms with van der Waals surface area (Å²) < 4.78 is 7.49. The van der Waals surface area contributed by atoms with Gasteiger partial charge in [-0.2, -0.15) is 0 Å². The first-order valence-electron chi connectivity index (χ1n) is 7.48. The SMILES string of the molecule is Cc1nc([C@H]2CN(C(=O)Cn3ccnc3C)CCO2)cc(=O)[nH]1. The molecule has 0 aromatic carbocycles. The highest BCUT2D eigenvalue weighted by Crippen LogP contribution is 2.20. The molecule has 23 heavy (non-hydrogen) atoms. The molecule has 0 radical (unpaired) electrons. The maximum absolute atomic E-state index is 12.5. The topological polar surface area (TPSA) is 93.1 Å². The Morgan fingerprint density at radius 3 is 3.00 bits per heavy atom. The van der Waals surface area contributed by atoms with Crippen LogP contribution in [-0.2, 0) is 16.1 Å². The minimum absolute atomic E-state index is 0.000891. The zero-order valence-corrected chi connectivity index (χ0v) is 13.2. The van der Waals surface area contributed by atoms with Gasteiger partial charge in [-0.15, -0.1) is 0 Å². The average molecular weight is 317 g/mol. The van der Waals surface area contributed by atoms with Gasteiger partial charge in [0.25, 0.3) is 5.56 Å². The molecular weight excluding hydrogens is 298 g/mol. The van der Waals surface area contributed by atoms with E-state index in [0.29, 0.717) is 31.2 Å². The molecular formula is C15H19N5O3. The largest absolute Gasteiger partial charge is 0.368 e. The Morgan fingerprint density at radius 2 is 2.30 bits per heavy atom. The standard InChI is InChI=1S/C15H19N5O3/c1-10-17-12(7-14(21)18-10)13-8-20(5-6-23-13)15(22)9-19-4-3-16-11(19)2/h3-4,7,13H,5-6,8-9H2,1-2H3,(H,17,18,21)/t13-/m1/s1. The van der Waals surface area contributed by atoms with Gasteiger partial charge in [0.05, 0.1) is 18.8 Å². The van der Waals surface area contributed by atoms with Crippen LogP contribution in [0, 0.1) is 13.8 Å². The minimum atomic E-state index is -0.377. The summed E-state index contributed by atoms with van der Waals surface area (Å²) in [6.45, 7) is 5.18. The van der Waals surface area contributed by atoms with Crippen molar-refractivity contribution in [1.29, 1.82) is 0 Å². The molecule has 1 aliphatic rings. The molecule has 2 aromatic heterocycles. The van der Waals surface area contributed by atoms with E-state index in [1.807, 2.05) is 11.5 Å². The summed E-state index contributed by atoms with van der Waals surface area (Å²) in [6, 6.07) is 1.42. The fraction of sp³-hybridized carbons (Fsp3) is 0.467. The molecule has 0 saturated carbocycles. The number of H-pyrrole nitrogens is 1. The Labute approximate surface area is 133 Å². The fourth-order valence-corrected chi connectivity index (χ4v) is 2.64. The van der Waals surface area contributed by atoms with E-state index in [4.69, 9.17) is 4.74 Å². The number of carbonyl (C=O) groups is 1. The van der Waals surface area contributed by atoms with Crippen LogP contribution >= 0.6 is 0 Å². The first-order chi connectivity index (χ1) is 11.0. The minimum Gasteiger partial charge on any atom is -0.368 e. The monoisotopic (exact) mass is 317 g/mol. The van der Waals surface area contributed by atoms with Crippen molar-refractivity contribution in [2.75, 3.05) is 19.7 Å². The van der Waals surface area contributed by atoms with E-state index in [1.165, 1.54) is 6.07 Å². The smallest absolute Gasteiger partial charge is 0.251 e. The molecule has 8 nitrogen and oxygen atoms in total. The summed E-state index contributed by atoms with van der Waals surface area (Å²) >= 11 is 0. The molecule has 1 amide bonds. The molecule has 1 N–H and O–H groups in total. The van der Waals surface area contributed by atoms with Crippen molar-refractivity contribution in [3.63, 3.8) is 0 Å². The second-order valence-electron chi connectivity index (χ2n) is 5.56. The zero-order chi connectivity index (χ0) is 16.4. The van der Waals surface area contributed by atoms with E-state index in [0.717, 1.165) is 5.82 Å². The van der Waals surface area contributed by atoms with E-state index in [-0.39, 0.29) is 24.1 Å². The van der Waals surface area contributed by atoms with Gasteiger partial charge >= 0.3 is 0 Å². The molecule has 0 unspecified atom stereocenters. The maximum atomic E-state index is 12.5. The first-order valence-corrected chi connectivity index (χ1v) is 7.48. The number of nitrogens with zero attached hydrogens (tertiary/aromatic N) is 4. The highest BCUT2D eigenvalue weighted by molar-refractivity contribution is 5.76. The van der Waals surface area contributed by atoms with Crippen LogP contribution in [0.4, 0.5) is 0 Å². The number of rotatable bonds is 3. The van der Waals surface area contributed by atoms with Crippen LogP contribution in [0.1, 0.15) is 23.4 Å². The van der Waals surface area contributed by atoms with E-state index >= 15 is 0 Å². The van der Waals surface area contributed by atoms with Gasteiger partial charge in [0, 0.05) is 25.0 Å². The summed E-state index contributed by atoms with van der Waals surface area (Å²) in [4.78, 5) is 36.8. The van der Waals surface area contributed by atoms with Crippen LogP contribution < -0.4 is 5.56 Å². The number of imidazole rings is 1. The predicted octanol–water partition coefficient (Wildman–Crippen LogP) is 0.183. The van der Waals surface area contributed by atoms with Gasteiger partial charge in [0.1, 0.15) is 24.3 Å². The number of amides is 1. The Bertz CT molecular complexity index is 766. The van der Waals surface area contributed by atoms with Crippen molar-refractivity contribution in [2.45, 2.75) is 26.5 Å². The molecule has 0 bridgehead atoms. The quantitative estimate of drug-likeness (QED) is 0.872. The number of aryl methyl sites for hydroxylation is 2. The maximum Gasteiger partial charge on any atom is 0.251 e. The molecule has 2 aromatic rings. The number of hydrogen-bond acceptors (Lipinski definition) is 5. The van der Waals surface area contributed by atoms with E-state index < -0.39 is 0 Å². The van der Waals surface area contributed by atoms with Crippen molar-refractivity contribution in [3.05, 3.63) is 46.2 Å². The van der Waals surface area contributed by atoms with Crippen molar-refractivity contribution < 1.29 is 9.53 Å². The number of carbonyl (C=O) groups excluding carboxylic acids is 1. The summed E-state index contributed by atoms with van der Waals surface area (Å²) in [5.41, 5.74) is 0.344. The number of ether oxygens (including phenoxy) is 1. The molecule has 1 aliphatic heterocycles. The normalized spacial score (nSPS) is 18.2. The van der Waals surface area contributed by atoms with Crippen LogP contribution in [0.3, 0.4) is 0 Å². The summed E-state index contributed by atoms with van der Waals surface area (Å²) in [5.74, 6) is 1.34. The number of aromatic nitrogens is 4. The number of morpholine rings is 1. The van der Waals surface area contributed by atoms with Gasteiger partial charge < -0.3 is 19.2 Å². The van der Waals surface area contributed by atoms with Crippen LogP contribution in [0.25, 0.3) is 0 Å². The molecule has 1 saturated heterocycles. The highest BCUT2D eigenvalue weighted by Gasteiger charge is 2.27. The number of nitrogens with one attached hydrogen (secondary N) is 1. The van der Waals surface area contributed by atoms with E-state index in [2.05, 4.69) is 15.0 Å². The van der Waals surface area contributed by atoms with Gasteiger partial charge in [-0.3, -0.25) is 9.59 Å². The molecule has 3 heterocycles. The van der Waals surface area contributed by atoms with Crippen LogP contribution in [-0.4, -0.2) is 50.0 Å². The highest BCUT2D eigenvalue weighted by atomic mass is 16.5. The van der Waals surface area contributed by atoms with E-state index in [9.17, 15) is 9.59 Å². The lowest BCUT2D eigenvalue weighted by Crippen LogP contribution is -2.44. The average Bonchev–Trinajstić information content (AvgIpc) is 2.91. The Balaban J connectivity index is 1.71. The summed E-state index contributed by atoms with van der Waals surface area (Å²) in [5, 5.41) is 0. The third-order valence-corrected chi connectivity index (χ3v) is 3.86. The Kier molecular flexibility index (Phi) is 4.24. The first kappa shape index (κ1) is 15.4. The van der Waals surface area contributed by atoms with Crippen molar-refractivity contribution in [2.24, 2.45) is 0 Å². The van der Waals surface area contributed by atoms with Crippen molar-refractivity contribution >= 4 is 5.91 Å². The van der Waals surface area contributed by atoms with Gasteiger partial charge in [-0.05, 0) is 13.8 Å². The lowest BCUT2D eigenvalue weighted by Gasteiger charge is -2.32. The third-order valence-electron chi connectivity index (χ3n) is 3.86. The van der Waals surface area contributed by atoms with Gasteiger partial charge in [-0.1, -0.05) is 0 Å². The molecule has 1 fully saturated rings. The van der Waals surface area contributed by atoms with Crippen LogP contribution in [0.5, 0.6) is 0 Å². The predicted molar refractivity (Wildman–Crippen MR) is 81.8 cm³/mol. The van der Waals surface area contributed by atoms with E-state index in [1.54, 1.807) is 24.2 Å². The molecule has 122 valence electrons. The molecule has 0 aliphatic carbocycles. The Morgan fingerprint density at radius 1 is 1.48 bits per heavy atom. The second-order valence-corrected chi connectivity index (χ2v) is 5.56. The number of aromatic amines is 1. The third kappa shape index (κ3) is 3.48. The molecule has 3 rings (SSSR count). The number of hydrogen-bond donors (Lipinski definition) is 1. The van der Waals surface area contributed by atoms with Crippen LogP contribution in [0.15, 0.2) is 23.3 Å². The molecule has 1 atom stereocenters. The second kappa shape index (κ2) is 6.33. The van der Waals surface area contributed by atoms with Gasteiger partial charge in [0.15, 0.2) is 0 Å². The lowest BCUT2D eigenvalue weighted by atomic mass is 10.2. The fourth-order valence-electron chi connectivity index (χ4n) is 2.64. The van der Waals surface area contributed by atoms with Gasteiger partial charge in [0.2, 0.25) is 5.91 Å². The van der Waals surface area contributed by atoms with Crippen molar-refractivity contribution in [3.8, 4) is 0 Å². The zero-order valence-electron chi connectivity index (χ0n) is 13.2. The van der Waals surface area contributed by atoms with Crippen molar-refractivity contribution in [1.82, 2.24) is 24.4 Å². The summed E-state index contributed by atoms with van der Waals surface area (Å²) in [7, 11) is 0. The summed E-state index contributed by atoms with van der Waals surface area (Å²) in [6.07, 6.45) is 3.08. The van der Waals surface area contributed by atoms with Gasteiger partial charge in [-0.25, -0.2) is 9.97 Å². The van der Waals surface area contributed by atoms with Crippen LogP contribution in [0.2, 0.25) is 0 Å². The molecule has 0 spiro atoms.